The maximum Gasteiger partial charge on any atom is 0 e. The molecular weight excluding hydrogens is 565 g/mol. The van der Waals surface area contributed by atoms with Crippen LogP contribution in [0.25, 0.3) is 10.8 Å². The van der Waals surface area contributed by atoms with E-state index in [-0.39, 0.29) is 11.7 Å². The van der Waals surface area contributed by atoms with Crippen molar-refractivity contribution < 1.29 is 4.28 Å². The van der Waals surface area contributed by atoms with Crippen LogP contribution >= 0.6 is 0 Å². The lowest BCUT2D eigenvalue weighted by Gasteiger charge is -2.24. The zero-order chi connectivity index (χ0) is 33.9. The van der Waals surface area contributed by atoms with Crippen molar-refractivity contribution in [1.29, 1.82) is 0 Å². The van der Waals surface area contributed by atoms with E-state index in [4.69, 9.17) is 0 Å². The Balaban J connectivity index is -0.000000546. The Morgan fingerprint density at radius 3 is 1.04 bits per heavy atom. The van der Waals surface area contributed by atoms with Gasteiger partial charge in [-0.15, -0.1) is 0 Å². The summed E-state index contributed by atoms with van der Waals surface area (Å²) in [5, 5.41) is 2.67. The van der Waals surface area contributed by atoms with Crippen LogP contribution in [0, 0.1) is 56.3 Å². The molecule has 3 saturated carbocycles. The summed E-state index contributed by atoms with van der Waals surface area (Å²) >= 11 is 0. The molecule has 0 nitrogen and oxygen atoms in total. The van der Waals surface area contributed by atoms with Crippen LogP contribution in [0.5, 0.6) is 0 Å². The van der Waals surface area contributed by atoms with Crippen molar-refractivity contribution in [1.82, 2.24) is 0 Å². The van der Waals surface area contributed by atoms with E-state index in [1.807, 2.05) is 0 Å². The summed E-state index contributed by atoms with van der Waals surface area (Å²) in [6.45, 7) is 22.7. The summed E-state index contributed by atoms with van der Waals surface area (Å²) in [7, 11) is 0. The average molecular weight is 649 g/mol. The van der Waals surface area contributed by atoms with Crippen LogP contribution in [0.3, 0.4) is 0 Å². The normalized spacial score (nSPS) is 25.1. The fraction of sp³-hybridized carbons (Fsp3) is 0.660. The third-order valence-corrected chi connectivity index (χ3v) is 11.0. The average Bonchev–Trinajstić information content (AvgIpc) is 3.06. The largest absolute Gasteiger partial charge is 0.0776 e. The minimum atomic E-state index is 0. The van der Waals surface area contributed by atoms with Gasteiger partial charge in [-0.05, 0) is 79.0 Å². The van der Waals surface area contributed by atoms with E-state index < -0.39 is 0 Å². The summed E-state index contributed by atoms with van der Waals surface area (Å²) < 4.78 is 0. The minimum Gasteiger partial charge on any atom is -0.0776 e. The molecule has 0 unspecified atom stereocenters. The van der Waals surface area contributed by atoms with Crippen molar-refractivity contribution in [3.63, 3.8) is 0 Å². The Morgan fingerprint density at radius 1 is 0.447 bits per heavy atom. The number of hydrogen-bond donors (Lipinski definition) is 0. The van der Waals surface area contributed by atoms with E-state index in [9.17, 15) is 0 Å². The van der Waals surface area contributed by atoms with Crippen molar-refractivity contribution >= 4 is 10.8 Å². The fourth-order valence-electron chi connectivity index (χ4n) is 6.90. The molecule has 3 aliphatic carbocycles. The molecule has 0 spiro atoms. The topological polar surface area (TPSA) is 0 Å². The zero-order valence-corrected chi connectivity index (χ0v) is 32.1. The quantitative estimate of drug-likeness (QED) is 0.259. The highest BCUT2D eigenvalue weighted by atomic mass is 14.2. The summed E-state index contributed by atoms with van der Waals surface area (Å²) in [6, 6.07) is 21.8. The molecule has 0 saturated heterocycles. The van der Waals surface area contributed by atoms with Gasteiger partial charge in [0.05, 0.1) is 0 Å². The molecule has 3 aromatic rings. The van der Waals surface area contributed by atoms with Crippen molar-refractivity contribution in [3.8, 4) is 0 Å². The molecule has 0 heterocycles. The van der Waals surface area contributed by atoms with Crippen LogP contribution in [0.1, 0.15) is 166 Å². The monoisotopic (exact) mass is 649 g/mol. The van der Waals surface area contributed by atoms with E-state index in [1.54, 1.807) is 0 Å². The first kappa shape index (κ1) is 42.9. The van der Waals surface area contributed by atoms with Crippen LogP contribution in [-0.4, -0.2) is 0 Å². The molecular formula is C47H84. The van der Waals surface area contributed by atoms with Crippen LogP contribution in [-0.2, 0) is 6.42 Å². The number of aryl methyl sites for hydroxylation is 4. The second-order valence-electron chi connectivity index (χ2n) is 16.0. The predicted octanol–water partition coefficient (Wildman–Crippen LogP) is 16.3. The van der Waals surface area contributed by atoms with Gasteiger partial charge in [0.15, 0.2) is 0 Å². The Morgan fingerprint density at radius 2 is 0.745 bits per heavy atom. The second kappa shape index (κ2) is 24.1. The molecule has 0 radical (unpaired) electrons. The number of fused-ring (bicyclic) bond motifs is 1. The standard InChI is InChI=1S/C12H12.C9H18.C9H12.2C8H16.CH4.3H2/c1-9-3-5-12-8-10(2)4-6-11(12)7-9;2*1-3-9-6-4-8(2)5-7-9;2*1-7-3-5-8(2)6-4-7;;;;/h3-8H,1-2H3;8-9H,3-7H2,1-2H3;4-7H,3H2,1-2H3;2*7-8H,3-6H2,1-2H3;1H4;3*1H. The molecule has 47 heavy (non-hydrogen) atoms. The van der Waals surface area contributed by atoms with E-state index >= 15 is 0 Å². The Hall–Kier alpha value is -2.08. The van der Waals surface area contributed by atoms with Crippen LogP contribution < -0.4 is 0 Å². The molecule has 0 N–H and O–H groups in total. The molecule has 3 aliphatic rings. The second-order valence-corrected chi connectivity index (χ2v) is 16.0. The third kappa shape index (κ3) is 18.9. The third-order valence-electron chi connectivity index (χ3n) is 11.0. The van der Waals surface area contributed by atoms with E-state index in [1.165, 1.54) is 116 Å². The van der Waals surface area contributed by atoms with Gasteiger partial charge in [0.25, 0.3) is 0 Å². The Labute approximate surface area is 299 Å². The van der Waals surface area contributed by atoms with E-state index in [0.29, 0.717) is 0 Å². The lowest BCUT2D eigenvalue weighted by molar-refractivity contribution is 0.284. The van der Waals surface area contributed by atoms with Gasteiger partial charge in [-0.2, -0.15) is 0 Å². The fourth-order valence-corrected chi connectivity index (χ4v) is 6.90. The van der Waals surface area contributed by atoms with E-state index in [2.05, 4.69) is 130 Å². The highest BCUT2D eigenvalue weighted by Gasteiger charge is 2.16. The van der Waals surface area contributed by atoms with Gasteiger partial charge in [0, 0.05) is 4.28 Å². The molecule has 272 valence electrons. The summed E-state index contributed by atoms with van der Waals surface area (Å²) in [5.41, 5.74) is 5.41. The van der Waals surface area contributed by atoms with Crippen molar-refractivity contribution in [2.24, 2.45) is 35.5 Å². The van der Waals surface area contributed by atoms with E-state index in [0.717, 1.165) is 41.9 Å². The van der Waals surface area contributed by atoms with Gasteiger partial charge in [0.1, 0.15) is 0 Å². The van der Waals surface area contributed by atoms with Gasteiger partial charge >= 0.3 is 0 Å². The molecule has 0 aromatic heterocycles. The number of hydrogen-bond acceptors (Lipinski definition) is 0. The molecule has 0 aliphatic heterocycles. The van der Waals surface area contributed by atoms with Gasteiger partial charge in [-0.25, -0.2) is 0 Å². The molecule has 0 heteroatoms. The number of benzene rings is 3. The van der Waals surface area contributed by atoms with Gasteiger partial charge in [0.2, 0.25) is 0 Å². The lowest BCUT2D eigenvalue weighted by atomic mass is 9.82. The molecule has 3 fully saturated rings. The summed E-state index contributed by atoms with van der Waals surface area (Å²) in [6.07, 6.45) is 20.3. The van der Waals surface area contributed by atoms with Crippen molar-refractivity contribution in [3.05, 3.63) is 82.9 Å². The SMILES string of the molecule is C.CC1CCC(C)CC1.CC1CCC(C)CC1.CCC1CCC(C)CC1.CCc1ccc(C)cc1.Cc1ccc2cc(C)ccc2c1.[HH].[HH].[HH]. The maximum atomic E-state index is 2.38. The van der Waals surface area contributed by atoms with Crippen LogP contribution in [0.4, 0.5) is 0 Å². The smallest absolute Gasteiger partial charge is 0 e. The highest BCUT2D eigenvalue weighted by molar-refractivity contribution is 5.83. The first-order valence-corrected chi connectivity index (χ1v) is 19.5. The summed E-state index contributed by atoms with van der Waals surface area (Å²) in [5.74, 6) is 6.17. The van der Waals surface area contributed by atoms with Crippen molar-refractivity contribution in [2.75, 3.05) is 0 Å². The van der Waals surface area contributed by atoms with Crippen LogP contribution in [0.15, 0.2) is 60.7 Å². The van der Waals surface area contributed by atoms with Crippen molar-refractivity contribution in [2.45, 2.75) is 167 Å². The molecule has 3 aromatic carbocycles. The number of rotatable bonds is 2. The predicted molar refractivity (Wildman–Crippen MR) is 222 cm³/mol. The Kier molecular flexibility index (Phi) is 22.0. The zero-order valence-electron chi connectivity index (χ0n) is 32.1. The molecule has 0 amide bonds. The molecule has 0 atom stereocenters. The first-order chi connectivity index (χ1) is 22.0. The maximum absolute atomic E-state index is 2.38. The Bertz CT molecular complexity index is 1100. The lowest BCUT2D eigenvalue weighted by Crippen LogP contribution is -2.10. The molecule has 6 rings (SSSR count). The first-order valence-electron chi connectivity index (χ1n) is 19.5. The minimum absolute atomic E-state index is 0. The van der Waals surface area contributed by atoms with Crippen LogP contribution in [0.2, 0.25) is 0 Å². The van der Waals surface area contributed by atoms with Gasteiger partial charge < -0.3 is 0 Å². The van der Waals surface area contributed by atoms with Gasteiger partial charge in [-0.1, -0.05) is 217 Å². The van der Waals surface area contributed by atoms with Gasteiger partial charge in [-0.3, -0.25) is 0 Å². The highest BCUT2D eigenvalue weighted by Crippen LogP contribution is 2.30. The molecule has 0 bridgehead atoms. The summed E-state index contributed by atoms with van der Waals surface area (Å²) in [4.78, 5) is 0.